The fourth-order valence-electron chi connectivity index (χ4n) is 3.46. The molecule has 0 aliphatic rings. The molecule has 0 spiro atoms. The number of pyridine rings is 1. The Morgan fingerprint density at radius 1 is 0.815 bits per heavy atom. The van der Waals surface area contributed by atoms with Gasteiger partial charge in [-0.15, -0.1) is 0 Å². The SMILES string of the molecule is CCCCCCCCCCCCCCCCNc1ccc(CC(C)=O)cn1. The van der Waals surface area contributed by atoms with Gasteiger partial charge in [-0.3, -0.25) is 4.79 Å². The highest BCUT2D eigenvalue weighted by molar-refractivity contribution is 5.78. The lowest BCUT2D eigenvalue weighted by atomic mass is 10.0. The minimum absolute atomic E-state index is 0.180. The van der Waals surface area contributed by atoms with Crippen LogP contribution in [0.5, 0.6) is 0 Å². The Bertz CT molecular complexity index is 470. The maximum atomic E-state index is 11.1. The largest absolute Gasteiger partial charge is 0.370 e. The van der Waals surface area contributed by atoms with Crippen molar-refractivity contribution in [2.24, 2.45) is 0 Å². The highest BCUT2D eigenvalue weighted by atomic mass is 16.1. The summed E-state index contributed by atoms with van der Waals surface area (Å²) in [6.45, 7) is 4.88. The van der Waals surface area contributed by atoms with Crippen LogP contribution in [-0.2, 0) is 11.2 Å². The summed E-state index contributed by atoms with van der Waals surface area (Å²) in [7, 11) is 0. The van der Waals surface area contributed by atoms with E-state index in [0.29, 0.717) is 6.42 Å². The number of ketones is 1. The molecule has 1 heterocycles. The molecule has 0 saturated heterocycles. The fraction of sp³-hybridized carbons (Fsp3) is 0.750. The Hall–Kier alpha value is -1.38. The molecule has 3 heteroatoms. The van der Waals surface area contributed by atoms with Crippen LogP contribution in [0.4, 0.5) is 5.82 Å². The van der Waals surface area contributed by atoms with Crippen LogP contribution in [0.3, 0.4) is 0 Å². The van der Waals surface area contributed by atoms with E-state index in [-0.39, 0.29) is 5.78 Å². The van der Waals surface area contributed by atoms with Crippen molar-refractivity contribution in [2.45, 2.75) is 110 Å². The molecule has 27 heavy (non-hydrogen) atoms. The molecule has 0 fully saturated rings. The molecule has 154 valence electrons. The monoisotopic (exact) mass is 374 g/mol. The lowest BCUT2D eigenvalue weighted by Crippen LogP contribution is -2.04. The Balaban J connectivity index is 1.84. The maximum Gasteiger partial charge on any atom is 0.134 e. The number of anilines is 1. The van der Waals surface area contributed by atoms with E-state index in [2.05, 4.69) is 17.2 Å². The average molecular weight is 375 g/mol. The Morgan fingerprint density at radius 3 is 1.78 bits per heavy atom. The van der Waals surface area contributed by atoms with Gasteiger partial charge in [-0.25, -0.2) is 4.98 Å². The van der Waals surface area contributed by atoms with E-state index in [1.165, 1.54) is 89.9 Å². The predicted molar refractivity (Wildman–Crippen MR) is 117 cm³/mol. The fourth-order valence-corrected chi connectivity index (χ4v) is 3.46. The van der Waals surface area contributed by atoms with Crippen molar-refractivity contribution in [3.05, 3.63) is 23.9 Å². The number of carbonyl (C=O) groups excluding carboxylic acids is 1. The van der Waals surface area contributed by atoms with Crippen molar-refractivity contribution >= 4 is 11.6 Å². The first kappa shape index (κ1) is 23.7. The quantitative estimate of drug-likeness (QED) is 0.278. The molecule has 0 aliphatic heterocycles. The third-order valence-electron chi connectivity index (χ3n) is 5.11. The number of nitrogens with zero attached hydrogens (tertiary/aromatic N) is 1. The van der Waals surface area contributed by atoms with Crippen molar-refractivity contribution in [2.75, 3.05) is 11.9 Å². The normalized spacial score (nSPS) is 10.9. The van der Waals surface area contributed by atoms with Gasteiger partial charge in [-0.2, -0.15) is 0 Å². The van der Waals surface area contributed by atoms with Crippen molar-refractivity contribution in [1.82, 2.24) is 4.98 Å². The Labute approximate surface area is 167 Å². The van der Waals surface area contributed by atoms with Crippen LogP contribution in [0.25, 0.3) is 0 Å². The first-order valence-electron chi connectivity index (χ1n) is 11.4. The van der Waals surface area contributed by atoms with E-state index in [4.69, 9.17) is 0 Å². The number of nitrogens with one attached hydrogen (secondary N) is 1. The second-order valence-corrected chi connectivity index (χ2v) is 7.95. The van der Waals surface area contributed by atoms with Crippen LogP contribution in [-0.4, -0.2) is 17.3 Å². The number of rotatable bonds is 18. The van der Waals surface area contributed by atoms with E-state index in [1.807, 2.05) is 12.1 Å². The lowest BCUT2D eigenvalue weighted by molar-refractivity contribution is -0.116. The molecule has 1 rings (SSSR count). The van der Waals surface area contributed by atoms with Gasteiger partial charge in [-0.1, -0.05) is 96.5 Å². The Kier molecular flexibility index (Phi) is 14.7. The first-order valence-corrected chi connectivity index (χ1v) is 11.4. The lowest BCUT2D eigenvalue weighted by Gasteiger charge is -2.06. The molecule has 0 atom stereocenters. The van der Waals surface area contributed by atoms with Gasteiger partial charge in [0.1, 0.15) is 11.6 Å². The standard InChI is InChI=1S/C24H42N2O/c1-3-4-5-6-7-8-9-10-11-12-13-14-15-16-19-25-24-18-17-23(21-26-24)20-22(2)27/h17-18,21H,3-16,19-20H2,1-2H3,(H,25,26). The molecule has 0 aliphatic carbocycles. The van der Waals surface area contributed by atoms with Crippen LogP contribution in [0.1, 0.15) is 109 Å². The molecule has 0 saturated carbocycles. The van der Waals surface area contributed by atoms with Crippen molar-refractivity contribution in [1.29, 1.82) is 0 Å². The topological polar surface area (TPSA) is 42.0 Å². The second-order valence-electron chi connectivity index (χ2n) is 7.95. The van der Waals surface area contributed by atoms with Gasteiger partial charge >= 0.3 is 0 Å². The maximum absolute atomic E-state index is 11.1. The summed E-state index contributed by atoms with van der Waals surface area (Å²) in [5.41, 5.74) is 0.990. The van der Waals surface area contributed by atoms with E-state index in [9.17, 15) is 4.79 Å². The highest BCUT2D eigenvalue weighted by Gasteiger charge is 1.99. The highest BCUT2D eigenvalue weighted by Crippen LogP contribution is 2.13. The van der Waals surface area contributed by atoms with E-state index >= 15 is 0 Å². The minimum Gasteiger partial charge on any atom is -0.370 e. The van der Waals surface area contributed by atoms with E-state index < -0.39 is 0 Å². The summed E-state index contributed by atoms with van der Waals surface area (Å²) in [6, 6.07) is 3.96. The number of carbonyl (C=O) groups is 1. The number of hydrogen-bond acceptors (Lipinski definition) is 3. The molecule has 1 aromatic heterocycles. The number of Topliss-reactive ketones (excluding diaryl/α,β-unsaturated/α-hetero) is 1. The van der Waals surface area contributed by atoms with Crippen LogP contribution in [0.15, 0.2) is 18.3 Å². The van der Waals surface area contributed by atoms with Crippen LogP contribution in [0.2, 0.25) is 0 Å². The van der Waals surface area contributed by atoms with Crippen LogP contribution in [0, 0.1) is 0 Å². The molecular formula is C24H42N2O. The molecule has 1 aromatic rings. The molecule has 0 aromatic carbocycles. The smallest absolute Gasteiger partial charge is 0.134 e. The van der Waals surface area contributed by atoms with E-state index in [0.717, 1.165) is 17.9 Å². The van der Waals surface area contributed by atoms with Crippen molar-refractivity contribution in [3.8, 4) is 0 Å². The molecule has 0 unspecified atom stereocenters. The first-order chi connectivity index (χ1) is 13.2. The summed E-state index contributed by atoms with van der Waals surface area (Å²) in [4.78, 5) is 15.5. The summed E-state index contributed by atoms with van der Waals surface area (Å²) in [6.07, 6.45) is 21.7. The van der Waals surface area contributed by atoms with Crippen LogP contribution >= 0.6 is 0 Å². The summed E-state index contributed by atoms with van der Waals surface area (Å²) in [5, 5.41) is 3.37. The zero-order valence-electron chi connectivity index (χ0n) is 17.9. The Morgan fingerprint density at radius 2 is 1.33 bits per heavy atom. The van der Waals surface area contributed by atoms with Gasteiger partial charge in [0.2, 0.25) is 0 Å². The second kappa shape index (κ2) is 16.8. The van der Waals surface area contributed by atoms with E-state index in [1.54, 1.807) is 13.1 Å². The van der Waals surface area contributed by atoms with Gasteiger partial charge < -0.3 is 5.32 Å². The number of unbranched alkanes of at least 4 members (excludes halogenated alkanes) is 13. The molecule has 3 nitrogen and oxygen atoms in total. The summed E-state index contributed by atoms with van der Waals surface area (Å²) in [5.74, 6) is 1.09. The number of aromatic nitrogens is 1. The predicted octanol–water partition coefficient (Wildman–Crippen LogP) is 7.11. The van der Waals surface area contributed by atoms with Gasteiger partial charge in [-0.05, 0) is 25.0 Å². The third kappa shape index (κ3) is 14.4. The van der Waals surface area contributed by atoms with Crippen molar-refractivity contribution in [3.63, 3.8) is 0 Å². The van der Waals surface area contributed by atoms with Gasteiger partial charge in [0.15, 0.2) is 0 Å². The van der Waals surface area contributed by atoms with Crippen molar-refractivity contribution < 1.29 is 4.79 Å². The molecule has 1 N–H and O–H groups in total. The molecular weight excluding hydrogens is 332 g/mol. The zero-order chi connectivity index (χ0) is 19.6. The van der Waals surface area contributed by atoms with Crippen LogP contribution < -0.4 is 5.32 Å². The molecule has 0 amide bonds. The van der Waals surface area contributed by atoms with Gasteiger partial charge in [0, 0.05) is 19.2 Å². The van der Waals surface area contributed by atoms with Gasteiger partial charge in [0.05, 0.1) is 0 Å². The molecule has 0 radical (unpaired) electrons. The molecule has 0 bridgehead atoms. The number of hydrogen-bond donors (Lipinski definition) is 1. The minimum atomic E-state index is 0.180. The summed E-state index contributed by atoms with van der Waals surface area (Å²) >= 11 is 0. The average Bonchev–Trinajstić information content (AvgIpc) is 2.66. The van der Waals surface area contributed by atoms with Gasteiger partial charge in [0.25, 0.3) is 0 Å². The third-order valence-corrected chi connectivity index (χ3v) is 5.11. The summed E-state index contributed by atoms with van der Waals surface area (Å²) < 4.78 is 0. The zero-order valence-corrected chi connectivity index (χ0v) is 17.9.